The van der Waals surface area contributed by atoms with Crippen LogP contribution in [0.1, 0.15) is 30.5 Å². The number of likely N-dealkylation sites (N-methyl/N-ethyl adjacent to an activating group) is 1. The van der Waals surface area contributed by atoms with Crippen LogP contribution in [0.5, 0.6) is 5.75 Å². The van der Waals surface area contributed by atoms with Gasteiger partial charge >= 0.3 is 0 Å². The van der Waals surface area contributed by atoms with E-state index in [9.17, 15) is 9.90 Å². The molecule has 0 fully saturated rings. The van der Waals surface area contributed by atoms with E-state index >= 15 is 0 Å². The van der Waals surface area contributed by atoms with Crippen molar-refractivity contribution in [1.29, 1.82) is 5.26 Å². The number of ether oxygens (including phenoxy) is 1. The summed E-state index contributed by atoms with van der Waals surface area (Å²) in [4.78, 5) is 14.4. The number of para-hydroxylation sites is 1. The maximum absolute atomic E-state index is 12.8. The van der Waals surface area contributed by atoms with Gasteiger partial charge in [0.25, 0.3) is 5.91 Å². The largest absolute Gasteiger partial charge is 0.480 e. The summed E-state index contributed by atoms with van der Waals surface area (Å²) in [5, 5.41) is 18.5. The molecule has 5 heteroatoms. The highest BCUT2D eigenvalue weighted by Gasteiger charge is 2.26. The number of aliphatic hydroxyl groups excluding tert-OH is 1. The second-order valence-electron chi connectivity index (χ2n) is 5.76. The standard InChI is InChI=1S/C20H22N2O3/c1-15(25-19-11-7-6-10-17(19)14-21)20(24)22(2)18(12-13-23)16-8-4-3-5-9-16/h3-11,15,18,23H,12-13H2,1-2H3. The molecule has 2 unspecified atom stereocenters. The molecule has 0 heterocycles. The van der Waals surface area contributed by atoms with E-state index in [-0.39, 0.29) is 18.6 Å². The molecule has 2 aromatic carbocycles. The SMILES string of the molecule is CC(Oc1ccccc1C#N)C(=O)N(C)C(CCO)c1ccccc1. The summed E-state index contributed by atoms with van der Waals surface area (Å²) < 4.78 is 5.71. The second kappa shape index (κ2) is 8.86. The van der Waals surface area contributed by atoms with Gasteiger partial charge in [0.2, 0.25) is 0 Å². The molecule has 0 aromatic heterocycles. The van der Waals surface area contributed by atoms with Crippen LogP contribution in [-0.2, 0) is 4.79 Å². The molecule has 0 aliphatic heterocycles. The second-order valence-corrected chi connectivity index (χ2v) is 5.76. The quantitative estimate of drug-likeness (QED) is 0.842. The van der Waals surface area contributed by atoms with Gasteiger partial charge in [-0.1, -0.05) is 42.5 Å². The lowest BCUT2D eigenvalue weighted by Gasteiger charge is -2.30. The van der Waals surface area contributed by atoms with Crippen LogP contribution < -0.4 is 4.74 Å². The van der Waals surface area contributed by atoms with Gasteiger partial charge in [0.1, 0.15) is 11.8 Å². The topological polar surface area (TPSA) is 73.6 Å². The average molecular weight is 338 g/mol. The Morgan fingerprint density at radius 1 is 1.20 bits per heavy atom. The third kappa shape index (κ3) is 4.59. The van der Waals surface area contributed by atoms with E-state index in [1.165, 1.54) is 0 Å². The molecule has 1 N–H and O–H groups in total. The zero-order valence-electron chi connectivity index (χ0n) is 14.4. The molecule has 5 nitrogen and oxygen atoms in total. The molecule has 0 bridgehead atoms. The minimum atomic E-state index is -0.746. The maximum atomic E-state index is 12.8. The summed E-state index contributed by atoms with van der Waals surface area (Å²) in [5.74, 6) is 0.174. The number of aliphatic hydroxyl groups is 1. The van der Waals surface area contributed by atoms with Crippen LogP contribution in [0.2, 0.25) is 0 Å². The zero-order valence-corrected chi connectivity index (χ0v) is 14.4. The summed E-state index contributed by atoms with van der Waals surface area (Å²) in [6.07, 6.45) is -0.308. The van der Waals surface area contributed by atoms with Crippen LogP contribution in [0.15, 0.2) is 54.6 Å². The Hall–Kier alpha value is -2.84. The van der Waals surface area contributed by atoms with Crippen LogP contribution in [0, 0.1) is 11.3 Å². The molecule has 25 heavy (non-hydrogen) atoms. The van der Waals surface area contributed by atoms with Gasteiger partial charge in [0.15, 0.2) is 6.10 Å². The predicted octanol–water partition coefficient (Wildman–Crippen LogP) is 2.91. The molecule has 130 valence electrons. The Balaban J connectivity index is 2.15. The number of amides is 1. The lowest BCUT2D eigenvalue weighted by molar-refractivity contribution is -0.139. The van der Waals surface area contributed by atoms with Crippen molar-refractivity contribution in [2.24, 2.45) is 0 Å². The van der Waals surface area contributed by atoms with Crippen molar-refractivity contribution in [2.45, 2.75) is 25.5 Å². The van der Waals surface area contributed by atoms with Gasteiger partial charge in [-0.15, -0.1) is 0 Å². The maximum Gasteiger partial charge on any atom is 0.263 e. The van der Waals surface area contributed by atoms with Gasteiger partial charge in [-0.25, -0.2) is 0 Å². The Labute approximate surface area is 148 Å². The van der Waals surface area contributed by atoms with Gasteiger partial charge < -0.3 is 14.7 Å². The van der Waals surface area contributed by atoms with E-state index < -0.39 is 6.10 Å². The first-order valence-electron chi connectivity index (χ1n) is 8.16. The number of nitrogens with zero attached hydrogens (tertiary/aromatic N) is 2. The Bertz CT molecular complexity index is 740. The molecule has 2 rings (SSSR count). The molecule has 1 amide bonds. The van der Waals surface area contributed by atoms with Gasteiger partial charge in [-0.3, -0.25) is 4.79 Å². The molecule has 0 radical (unpaired) electrons. The monoisotopic (exact) mass is 338 g/mol. The third-order valence-corrected chi connectivity index (χ3v) is 4.06. The van der Waals surface area contributed by atoms with Crippen LogP contribution in [-0.4, -0.2) is 35.7 Å². The van der Waals surface area contributed by atoms with E-state index in [0.717, 1.165) is 5.56 Å². The summed E-state index contributed by atoms with van der Waals surface area (Å²) in [6.45, 7) is 1.64. The normalized spacial score (nSPS) is 12.7. The van der Waals surface area contributed by atoms with Crippen LogP contribution in [0.25, 0.3) is 0 Å². The molecule has 2 aromatic rings. The van der Waals surface area contributed by atoms with Crippen LogP contribution in [0.4, 0.5) is 0 Å². The minimum Gasteiger partial charge on any atom is -0.480 e. The lowest BCUT2D eigenvalue weighted by Crippen LogP contribution is -2.40. The predicted molar refractivity (Wildman–Crippen MR) is 94.9 cm³/mol. The van der Waals surface area contributed by atoms with Gasteiger partial charge in [0, 0.05) is 13.7 Å². The molecule has 0 spiro atoms. The van der Waals surface area contributed by atoms with E-state index in [1.54, 1.807) is 43.1 Å². The summed E-state index contributed by atoms with van der Waals surface area (Å²) in [5.41, 5.74) is 1.34. The number of rotatable bonds is 7. The number of benzene rings is 2. The van der Waals surface area contributed by atoms with E-state index in [4.69, 9.17) is 10.00 Å². The summed E-state index contributed by atoms with van der Waals surface area (Å²) in [6, 6.07) is 18.2. The highest BCUT2D eigenvalue weighted by molar-refractivity contribution is 5.81. The molecule has 2 atom stereocenters. The molecular formula is C20H22N2O3. The lowest BCUT2D eigenvalue weighted by atomic mass is 10.0. The summed E-state index contributed by atoms with van der Waals surface area (Å²) >= 11 is 0. The Morgan fingerprint density at radius 2 is 1.84 bits per heavy atom. The molecular weight excluding hydrogens is 316 g/mol. The fraction of sp³-hybridized carbons (Fsp3) is 0.300. The fourth-order valence-electron chi connectivity index (χ4n) is 2.72. The van der Waals surface area contributed by atoms with Crippen molar-refractivity contribution < 1.29 is 14.6 Å². The van der Waals surface area contributed by atoms with Crippen molar-refractivity contribution in [1.82, 2.24) is 4.90 Å². The highest BCUT2D eigenvalue weighted by atomic mass is 16.5. The molecule has 0 saturated carbocycles. The van der Waals surface area contributed by atoms with Crippen LogP contribution >= 0.6 is 0 Å². The number of carbonyl (C=O) groups is 1. The highest BCUT2D eigenvalue weighted by Crippen LogP contribution is 2.25. The van der Waals surface area contributed by atoms with Gasteiger partial charge in [-0.05, 0) is 31.0 Å². The first-order chi connectivity index (χ1) is 12.1. The number of hydrogen-bond donors (Lipinski definition) is 1. The Kier molecular flexibility index (Phi) is 6.55. The van der Waals surface area contributed by atoms with Crippen molar-refractivity contribution in [2.75, 3.05) is 13.7 Å². The third-order valence-electron chi connectivity index (χ3n) is 4.06. The number of nitriles is 1. The molecule has 0 aliphatic carbocycles. The fourth-order valence-corrected chi connectivity index (χ4v) is 2.72. The van der Waals surface area contributed by atoms with Crippen molar-refractivity contribution in [3.05, 3.63) is 65.7 Å². The van der Waals surface area contributed by atoms with Gasteiger partial charge in [-0.2, -0.15) is 5.26 Å². The zero-order chi connectivity index (χ0) is 18.2. The van der Waals surface area contributed by atoms with Crippen molar-refractivity contribution >= 4 is 5.91 Å². The van der Waals surface area contributed by atoms with E-state index in [1.807, 2.05) is 30.3 Å². The van der Waals surface area contributed by atoms with Gasteiger partial charge in [0.05, 0.1) is 11.6 Å². The number of hydrogen-bond acceptors (Lipinski definition) is 4. The van der Waals surface area contributed by atoms with E-state index in [2.05, 4.69) is 6.07 Å². The first kappa shape index (κ1) is 18.5. The first-order valence-corrected chi connectivity index (χ1v) is 8.16. The minimum absolute atomic E-state index is 0.0241. The average Bonchev–Trinajstić information content (AvgIpc) is 2.66. The van der Waals surface area contributed by atoms with Crippen molar-refractivity contribution in [3.8, 4) is 11.8 Å². The molecule has 0 aliphatic rings. The van der Waals surface area contributed by atoms with E-state index in [0.29, 0.717) is 17.7 Å². The summed E-state index contributed by atoms with van der Waals surface area (Å²) in [7, 11) is 1.70. The van der Waals surface area contributed by atoms with Crippen LogP contribution in [0.3, 0.4) is 0 Å². The molecule has 0 saturated heterocycles. The smallest absolute Gasteiger partial charge is 0.263 e. The van der Waals surface area contributed by atoms with Crippen molar-refractivity contribution in [3.63, 3.8) is 0 Å². The Morgan fingerprint density at radius 3 is 2.48 bits per heavy atom. The number of carbonyl (C=O) groups excluding carboxylic acids is 1.